The number of aromatic nitrogens is 1. The van der Waals surface area contributed by atoms with Gasteiger partial charge in [0, 0.05) is 23.1 Å². The van der Waals surface area contributed by atoms with E-state index < -0.39 is 144 Å². The second kappa shape index (κ2) is 28.4. The van der Waals surface area contributed by atoms with Crippen LogP contribution in [0.25, 0.3) is 10.9 Å². The predicted molar refractivity (Wildman–Crippen MR) is 267 cm³/mol. The molecule has 2 nitrogen and oxygen atoms in total. The molecule has 0 fully saturated rings. The smallest absolute Gasteiger partial charge is 0.227 e. The third kappa shape index (κ3) is 13.1. The van der Waals surface area contributed by atoms with Crippen molar-refractivity contribution in [3.8, 4) is 0 Å². The summed E-state index contributed by atoms with van der Waals surface area (Å²) in [4.78, 5) is 12.9. The lowest BCUT2D eigenvalue weighted by Crippen LogP contribution is -2.81. The minimum absolute atomic E-state index is 0.162. The Hall–Kier alpha value is -6.94. The van der Waals surface area contributed by atoms with E-state index in [-0.39, 0.29) is 5.78 Å². The molecule has 0 bridgehead atoms. The van der Waals surface area contributed by atoms with Crippen LogP contribution < -0.4 is 26.4 Å². The molecule has 23 heteroatoms. The zero-order valence-electron chi connectivity index (χ0n) is 43.6. The Labute approximate surface area is 457 Å². The summed E-state index contributed by atoms with van der Waals surface area (Å²) in [6, 6.07) is 20.6. The topological polar surface area (TPSA) is 20.9 Å². The van der Waals surface area contributed by atoms with Crippen molar-refractivity contribution in [3.05, 3.63) is 194 Å². The Kier molecular flexibility index (Phi) is 22.2. The largest absolute Gasteiger partial charge is 0.287 e. The van der Waals surface area contributed by atoms with Gasteiger partial charge in [-0.15, -0.1) is 21.9 Å². The molecule has 0 aliphatic carbocycles. The number of hydrogen-bond acceptors (Lipinski definition) is 1. The highest BCUT2D eigenvalue weighted by molar-refractivity contribution is 7.20. The summed E-state index contributed by atoms with van der Waals surface area (Å²) in [6.45, 7) is 2.67. The Bertz CT molecular complexity index is 3040. The number of pyridine rings is 1. The lowest BCUT2D eigenvalue weighted by Gasteiger charge is -2.44. The number of fused-ring (bicyclic) bond motifs is 1. The fraction of sp³-hybridized carbons (Fsp3) is 0.322. The van der Waals surface area contributed by atoms with E-state index in [2.05, 4.69) is 37.3 Å². The van der Waals surface area contributed by atoms with Crippen LogP contribution in [0.5, 0.6) is 0 Å². The molecule has 6 aromatic carbocycles. The van der Waals surface area contributed by atoms with Gasteiger partial charge in [0.05, 0.1) is 0 Å². The molecule has 0 spiro atoms. The van der Waals surface area contributed by atoms with Gasteiger partial charge >= 0.3 is 0 Å². The summed E-state index contributed by atoms with van der Waals surface area (Å²) in [5, 5.41) is 1.16. The monoisotopic (exact) mass is 1180 g/mol. The van der Waals surface area contributed by atoms with Gasteiger partial charge < -0.3 is 0 Å². The molecular weight excluding hydrogens is 1130 g/mol. The molecule has 0 atom stereocenters. The summed E-state index contributed by atoms with van der Waals surface area (Å²) >= 11 is 0. The predicted octanol–water partition coefficient (Wildman–Crippen LogP) is 15.7. The zero-order valence-corrected chi connectivity index (χ0v) is 43.6. The van der Waals surface area contributed by atoms with E-state index in [4.69, 9.17) is 0 Å². The lowest BCUT2D eigenvalue weighted by atomic mass is 9.12. The van der Waals surface area contributed by atoms with Crippen LogP contribution in [0.3, 0.4) is 0 Å². The van der Waals surface area contributed by atoms with Gasteiger partial charge in [-0.3, -0.25) is 4.79 Å². The van der Waals surface area contributed by atoms with Crippen LogP contribution in [0.2, 0.25) is 0 Å². The summed E-state index contributed by atoms with van der Waals surface area (Å²) in [5.41, 5.74) is -11.1. The third-order valence-corrected chi connectivity index (χ3v) is 14.4. The van der Waals surface area contributed by atoms with E-state index in [1.54, 1.807) is 0 Å². The summed E-state index contributed by atoms with van der Waals surface area (Å²) < 4.78 is 296. The lowest BCUT2D eigenvalue weighted by molar-refractivity contribution is -0.657. The average molecular weight is 1180 g/mol. The summed E-state index contributed by atoms with van der Waals surface area (Å²) in [6.07, 6.45) is 18.3. The molecule has 7 rings (SSSR count). The first-order chi connectivity index (χ1) is 39.0. The third-order valence-electron chi connectivity index (χ3n) is 14.4. The van der Waals surface area contributed by atoms with E-state index in [1.807, 2.05) is 41.1 Å². The van der Waals surface area contributed by atoms with E-state index in [9.17, 15) is 57.5 Å². The molecule has 7 aromatic rings. The van der Waals surface area contributed by atoms with Gasteiger partial charge in [-0.05, 0) is 30.5 Å². The molecular formula is C59H50BF20NO. The van der Waals surface area contributed by atoms with E-state index in [1.165, 1.54) is 108 Å². The molecule has 0 radical (unpaired) electrons. The number of rotatable bonds is 24. The first-order valence-corrected chi connectivity index (χ1v) is 26.2. The Balaban J connectivity index is 0.000000269. The van der Waals surface area contributed by atoms with Crippen molar-refractivity contribution in [3.63, 3.8) is 0 Å². The molecule has 440 valence electrons. The molecule has 0 aliphatic rings. The van der Waals surface area contributed by atoms with E-state index >= 15 is 35.1 Å². The van der Waals surface area contributed by atoms with Crippen LogP contribution in [0, 0.1) is 116 Å². The number of benzene rings is 6. The van der Waals surface area contributed by atoms with Crippen molar-refractivity contribution in [1.82, 2.24) is 0 Å². The highest BCUT2D eigenvalue weighted by Gasteiger charge is 2.52. The first-order valence-electron chi connectivity index (χ1n) is 26.2. The van der Waals surface area contributed by atoms with Gasteiger partial charge in [-0.1, -0.05) is 140 Å². The number of para-hydroxylation sites is 1. The van der Waals surface area contributed by atoms with Gasteiger partial charge in [0.1, 0.15) is 52.7 Å². The van der Waals surface area contributed by atoms with Crippen LogP contribution in [0.4, 0.5) is 87.8 Å². The van der Waals surface area contributed by atoms with Crippen LogP contribution in [-0.4, -0.2) is 11.9 Å². The van der Waals surface area contributed by atoms with Gasteiger partial charge in [0.2, 0.25) is 17.8 Å². The van der Waals surface area contributed by atoms with E-state index in [0.29, 0.717) is 6.54 Å². The molecule has 1 aromatic heterocycles. The number of aryl methyl sites for hydroxylation is 1. The molecule has 0 saturated carbocycles. The molecule has 0 unspecified atom stereocenters. The van der Waals surface area contributed by atoms with Gasteiger partial charge in [0.15, 0.2) is 76.0 Å². The van der Waals surface area contributed by atoms with Crippen molar-refractivity contribution in [2.24, 2.45) is 0 Å². The number of halogens is 20. The summed E-state index contributed by atoms with van der Waals surface area (Å²) in [5.74, 6) is -71.2. The fourth-order valence-electron chi connectivity index (χ4n) is 10.2. The van der Waals surface area contributed by atoms with Crippen molar-refractivity contribution in [2.45, 2.75) is 123 Å². The quantitative estimate of drug-likeness (QED) is 0.0112. The van der Waals surface area contributed by atoms with Crippen LogP contribution in [0.15, 0.2) is 66.9 Å². The number of nitrogens with zero attached hydrogens (tertiary/aromatic N) is 1. The molecule has 0 N–H and O–H groups in total. The summed E-state index contributed by atoms with van der Waals surface area (Å²) in [7, 11) is 0. The normalized spacial score (nSPS) is 11.7. The van der Waals surface area contributed by atoms with E-state index in [0.717, 1.165) is 22.9 Å². The fourth-order valence-corrected chi connectivity index (χ4v) is 10.2. The van der Waals surface area contributed by atoms with Crippen molar-refractivity contribution >= 4 is 44.7 Å². The minimum Gasteiger partial charge on any atom is -0.287 e. The number of carbonyl (C=O) groups is 1. The van der Waals surface area contributed by atoms with Crippen LogP contribution in [0.1, 0.15) is 126 Å². The van der Waals surface area contributed by atoms with Crippen LogP contribution >= 0.6 is 0 Å². The molecule has 82 heavy (non-hydrogen) atoms. The number of unbranched alkanes of at least 4 members (excludes halogenated alkanes) is 15. The van der Waals surface area contributed by atoms with Gasteiger partial charge in [-0.25, -0.2) is 87.8 Å². The first kappa shape index (κ1) is 64.2. The molecule has 0 aliphatic heterocycles. The highest BCUT2D eigenvalue weighted by atomic mass is 19.2. The second-order valence-corrected chi connectivity index (χ2v) is 19.7. The molecule has 0 saturated heterocycles. The Morgan fingerprint density at radius 3 is 0.951 bits per heavy atom. The number of carbonyl (C=O) groups excluding carboxylic acids is 1. The number of Topliss-reactive ketones (excluding diaryl/α,β-unsaturated/α-hetero) is 1. The van der Waals surface area contributed by atoms with Crippen molar-refractivity contribution in [1.29, 1.82) is 0 Å². The SMILES string of the molecule is CCCCCCCCCCCCCCCCCCc1ccc(C(=O)C[n+]2cccc3ccccc32)cc1.Fc1c(F)c(F)c([B-](c2c(F)c(F)c(F)c(F)c2F)(c2c(F)c(F)c(F)c(F)c2F)c2c(F)c(F)c(F)c(F)c2F)c(F)c1F. The average Bonchev–Trinajstić information content (AvgIpc) is 1.49. The maximum atomic E-state index is 15.4. The zero-order chi connectivity index (χ0) is 60.3. The number of hydrogen-bond donors (Lipinski definition) is 0. The minimum atomic E-state index is -7.22. The van der Waals surface area contributed by atoms with Gasteiger partial charge in [0.25, 0.3) is 0 Å². The standard InChI is InChI=1S/C35H50NO.C24BF20/c1-2-3-4-5-6-7-8-9-10-11-12-13-14-15-16-17-21-31-25-27-33(28-26-31)35(37)30-36-29-20-23-32-22-18-19-24-34(32)36;26-5-1(6(27)14(35)21(42)13(5)34)25(2-7(28)15(36)22(43)16(37)8(2)29,3-9(30)17(38)23(44)18(39)10(3)31)4-11(32)19(40)24(45)20(41)12(4)33/h18-20,22-29H,2-17,21,30H2,1H3;/q+1;-1. The van der Waals surface area contributed by atoms with Crippen molar-refractivity contribution in [2.75, 3.05) is 0 Å². The van der Waals surface area contributed by atoms with Crippen LogP contribution in [-0.2, 0) is 13.0 Å². The van der Waals surface area contributed by atoms with Gasteiger partial charge in [-0.2, -0.15) is 4.57 Å². The Morgan fingerprint density at radius 2 is 0.622 bits per heavy atom. The Morgan fingerprint density at radius 1 is 0.341 bits per heavy atom. The second-order valence-electron chi connectivity index (χ2n) is 19.7. The highest BCUT2D eigenvalue weighted by Crippen LogP contribution is 2.31. The molecule has 0 amide bonds. The molecule has 1 heterocycles. The van der Waals surface area contributed by atoms with Crippen molar-refractivity contribution < 1.29 is 97.2 Å². The maximum absolute atomic E-state index is 15.4. The maximum Gasteiger partial charge on any atom is 0.227 e. The number of ketones is 1.